The highest BCUT2D eigenvalue weighted by atomic mass is 32.2. The molecule has 1 atom stereocenters. The molecule has 1 heterocycles. The van der Waals surface area contributed by atoms with Gasteiger partial charge in [-0.15, -0.1) is 0 Å². The van der Waals surface area contributed by atoms with Gasteiger partial charge in [0.2, 0.25) is 5.91 Å². The first-order chi connectivity index (χ1) is 13.4. The number of hydrogen-bond donors (Lipinski definition) is 1. The Morgan fingerprint density at radius 3 is 2.68 bits per heavy atom. The molecule has 3 rings (SSSR count). The maximum absolute atomic E-state index is 13.3. The van der Waals surface area contributed by atoms with E-state index in [-0.39, 0.29) is 16.7 Å². The molecular weight excluding hydrogens is 370 g/mol. The number of rotatable bonds is 6. The van der Waals surface area contributed by atoms with Crippen molar-refractivity contribution in [3.05, 3.63) is 63.9 Å². The molecule has 146 valence electrons. The van der Waals surface area contributed by atoms with Gasteiger partial charge in [0, 0.05) is 6.54 Å². The number of aromatic nitrogens is 2. The van der Waals surface area contributed by atoms with Crippen LogP contribution in [-0.2, 0) is 4.79 Å². The zero-order chi connectivity index (χ0) is 20.3. The van der Waals surface area contributed by atoms with Gasteiger partial charge in [-0.25, -0.2) is 4.98 Å². The van der Waals surface area contributed by atoms with Crippen LogP contribution in [0.1, 0.15) is 31.4 Å². The molecule has 0 saturated carbocycles. The van der Waals surface area contributed by atoms with Crippen molar-refractivity contribution in [2.45, 2.75) is 44.5 Å². The van der Waals surface area contributed by atoms with Gasteiger partial charge in [-0.2, -0.15) is 0 Å². The molecule has 0 spiro atoms. The topological polar surface area (TPSA) is 64.0 Å². The lowest BCUT2D eigenvalue weighted by Crippen LogP contribution is -2.32. The number of carbonyl (C=O) groups excluding carboxylic acids is 1. The molecule has 0 fully saturated rings. The summed E-state index contributed by atoms with van der Waals surface area (Å²) in [7, 11) is 0. The summed E-state index contributed by atoms with van der Waals surface area (Å²) >= 11 is 1.31. The molecule has 1 amide bonds. The lowest BCUT2D eigenvalue weighted by atomic mass is 10.1. The molecule has 0 aliphatic rings. The Morgan fingerprint density at radius 2 is 1.93 bits per heavy atom. The van der Waals surface area contributed by atoms with Crippen LogP contribution in [0.2, 0.25) is 0 Å². The highest BCUT2D eigenvalue weighted by Gasteiger charge is 2.20. The summed E-state index contributed by atoms with van der Waals surface area (Å²) in [4.78, 5) is 30.5. The maximum Gasteiger partial charge on any atom is 0.266 e. The number of thioether (sulfide) groups is 1. The first kappa shape index (κ1) is 20.1. The smallest absolute Gasteiger partial charge is 0.266 e. The molecule has 2 aromatic carbocycles. The average Bonchev–Trinajstić information content (AvgIpc) is 2.69. The van der Waals surface area contributed by atoms with Crippen molar-refractivity contribution in [3.63, 3.8) is 0 Å². The van der Waals surface area contributed by atoms with Crippen LogP contribution in [-0.4, -0.2) is 27.3 Å². The molecule has 6 heteroatoms. The minimum absolute atomic E-state index is 0.0539. The second-order valence-electron chi connectivity index (χ2n) is 6.82. The Balaban J connectivity index is 2.16. The highest BCUT2D eigenvalue weighted by Crippen LogP contribution is 2.27. The number of carbonyl (C=O) groups is 1. The third-order valence-corrected chi connectivity index (χ3v) is 5.81. The number of amides is 1. The standard InChI is InChI=1S/C22H25N3O2S/c1-5-13-23-20(26)16(4)28-22-24-18-11-7-6-10-17(18)21(27)25(22)19-12-8-9-14(2)15(19)3/h6-12,16H,5,13H2,1-4H3,(H,23,26)/t16-/m1/s1. The highest BCUT2D eigenvalue weighted by molar-refractivity contribution is 8.00. The van der Waals surface area contributed by atoms with E-state index < -0.39 is 0 Å². The number of fused-ring (bicyclic) bond motifs is 1. The van der Waals surface area contributed by atoms with E-state index >= 15 is 0 Å². The lowest BCUT2D eigenvalue weighted by molar-refractivity contribution is -0.120. The van der Waals surface area contributed by atoms with Crippen molar-refractivity contribution in [2.24, 2.45) is 0 Å². The number of benzene rings is 2. The summed E-state index contributed by atoms with van der Waals surface area (Å²) in [5.41, 5.74) is 3.43. The van der Waals surface area contributed by atoms with Crippen LogP contribution >= 0.6 is 11.8 Å². The Bertz CT molecular complexity index is 1080. The molecule has 0 radical (unpaired) electrons. The number of aryl methyl sites for hydroxylation is 1. The predicted octanol–water partition coefficient (Wildman–Crippen LogP) is 4.01. The molecule has 1 N–H and O–H groups in total. The Hall–Kier alpha value is -2.60. The fraction of sp³-hybridized carbons (Fsp3) is 0.318. The normalized spacial score (nSPS) is 12.1. The Labute approximate surface area is 169 Å². The average molecular weight is 396 g/mol. The molecular formula is C22H25N3O2S. The van der Waals surface area contributed by atoms with E-state index in [9.17, 15) is 9.59 Å². The first-order valence-corrected chi connectivity index (χ1v) is 10.3. The van der Waals surface area contributed by atoms with Gasteiger partial charge < -0.3 is 5.32 Å². The monoisotopic (exact) mass is 395 g/mol. The van der Waals surface area contributed by atoms with Crippen molar-refractivity contribution in [3.8, 4) is 5.69 Å². The predicted molar refractivity (Wildman–Crippen MR) is 115 cm³/mol. The van der Waals surface area contributed by atoms with Crippen molar-refractivity contribution in [2.75, 3.05) is 6.54 Å². The number of hydrogen-bond acceptors (Lipinski definition) is 4. The number of para-hydroxylation sites is 1. The van der Waals surface area contributed by atoms with Crippen molar-refractivity contribution in [1.82, 2.24) is 14.9 Å². The molecule has 1 aromatic heterocycles. The molecule has 0 aliphatic carbocycles. The van der Waals surface area contributed by atoms with Crippen LogP contribution in [0, 0.1) is 13.8 Å². The summed E-state index contributed by atoms with van der Waals surface area (Å²) < 4.78 is 1.64. The Kier molecular flexibility index (Phi) is 6.19. The zero-order valence-electron chi connectivity index (χ0n) is 16.7. The van der Waals surface area contributed by atoms with E-state index in [1.165, 1.54) is 11.8 Å². The molecule has 28 heavy (non-hydrogen) atoms. The van der Waals surface area contributed by atoms with E-state index in [1.807, 2.05) is 64.1 Å². The minimum atomic E-state index is -0.365. The van der Waals surface area contributed by atoms with Crippen LogP contribution in [0.5, 0.6) is 0 Å². The van der Waals surface area contributed by atoms with Crippen LogP contribution < -0.4 is 10.9 Å². The van der Waals surface area contributed by atoms with Gasteiger partial charge in [-0.05, 0) is 56.5 Å². The van der Waals surface area contributed by atoms with Gasteiger partial charge >= 0.3 is 0 Å². The first-order valence-electron chi connectivity index (χ1n) is 9.46. The molecule has 0 unspecified atom stereocenters. The summed E-state index contributed by atoms with van der Waals surface area (Å²) in [6, 6.07) is 13.2. The molecule has 0 bridgehead atoms. The summed E-state index contributed by atoms with van der Waals surface area (Å²) in [6.45, 7) is 8.51. The lowest BCUT2D eigenvalue weighted by Gasteiger charge is -2.18. The van der Waals surface area contributed by atoms with E-state index in [0.29, 0.717) is 22.6 Å². The van der Waals surface area contributed by atoms with Gasteiger partial charge in [-0.1, -0.05) is 43.0 Å². The second kappa shape index (κ2) is 8.61. The van der Waals surface area contributed by atoms with Crippen molar-refractivity contribution >= 4 is 28.6 Å². The third kappa shape index (κ3) is 3.97. The van der Waals surface area contributed by atoms with Gasteiger partial charge in [-0.3, -0.25) is 14.2 Å². The number of nitrogens with zero attached hydrogens (tertiary/aromatic N) is 2. The number of nitrogens with one attached hydrogen (secondary N) is 1. The van der Waals surface area contributed by atoms with E-state index in [1.54, 1.807) is 10.6 Å². The van der Waals surface area contributed by atoms with Gasteiger partial charge in [0.25, 0.3) is 5.56 Å². The quantitative estimate of drug-likeness (QED) is 0.506. The summed E-state index contributed by atoms with van der Waals surface area (Å²) in [5.74, 6) is -0.0539. The molecule has 0 aliphatic heterocycles. The largest absolute Gasteiger partial charge is 0.355 e. The molecule has 5 nitrogen and oxygen atoms in total. The maximum atomic E-state index is 13.3. The summed E-state index contributed by atoms with van der Waals surface area (Å²) in [5, 5.41) is 3.63. The van der Waals surface area contributed by atoms with Crippen LogP contribution in [0.15, 0.2) is 52.4 Å². The van der Waals surface area contributed by atoms with Crippen LogP contribution in [0.3, 0.4) is 0 Å². The van der Waals surface area contributed by atoms with Gasteiger partial charge in [0.1, 0.15) is 0 Å². The van der Waals surface area contributed by atoms with E-state index in [0.717, 1.165) is 23.2 Å². The van der Waals surface area contributed by atoms with E-state index in [4.69, 9.17) is 4.98 Å². The second-order valence-corrected chi connectivity index (χ2v) is 8.13. The van der Waals surface area contributed by atoms with Crippen LogP contribution in [0.4, 0.5) is 0 Å². The molecule has 0 saturated heterocycles. The summed E-state index contributed by atoms with van der Waals surface area (Å²) in [6.07, 6.45) is 0.880. The van der Waals surface area contributed by atoms with Crippen molar-refractivity contribution < 1.29 is 4.79 Å². The zero-order valence-corrected chi connectivity index (χ0v) is 17.5. The molecule has 3 aromatic rings. The third-order valence-electron chi connectivity index (χ3n) is 4.76. The fourth-order valence-corrected chi connectivity index (χ4v) is 3.93. The van der Waals surface area contributed by atoms with Gasteiger partial charge in [0.15, 0.2) is 5.16 Å². The van der Waals surface area contributed by atoms with Crippen LogP contribution in [0.25, 0.3) is 16.6 Å². The van der Waals surface area contributed by atoms with Gasteiger partial charge in [0.05, 0.1) is 21.8 Å². The van der Waals surface area contributed by atoms with Crippen molar-refractivity contribution in [1.29, 1.82) is 0 Å². The Morgan fingerprint density at radius 1 is 1.18 bits per heavy atom. The minimum Gasteiger partial charge on any atom is -0.355 e. The SMILES string of the molecule is CCCNC(=O)[C@@H](C)Sc1nc2ccccc2c(=O)n1-c1cccc(C)c1C. The van der Waals surface area contributed by atoms with E-state index in [2.05, 4.69) is 5.32 Å². The fourth-order valence-electron chi connectivity index (χ4n) is 2.99.